The summed E-state index contributed by atoms with van der Waals surface area (Å²) in [4.78, 5) is 14.7. The molecule has 1 aliphatic rings. The lowest BCUT2D eigenvalue weighted by atomic mass is 10.3. The molecule has 0 bridgehead atoms. The van der Waals surface area contributed by atoms with Crippen LogP contribution in [-0.4, -0.2) is 37.1 Å². The van der Waals surface area contributed by atoms with Crippen molar-refractivity contribution >= 4 is 17.2 Å². The van der Waals surface area contributed by atoms with Gasteiger partial charge in [0.15, 0.2) is 0 Å². The summed E-state index contributed by atoms with van der Waals surface area (Å²) in [6.45, 7) is 4.34. The molecule has 5 heteroatoms. The number of rotatable bonds is 5. The highest BCUT2D eigenvalue weighted by Gasteiger charge is 2.31. The van der Waals surface area contributed by atoms with E-state index in [2.05, 4.69) is 11.4 Å². The molecular weight excluding hydrogens is 224 g/mol. The van der Waals surface area contributed by atoms with Crippen LogP contribution in [0.4, 0.5) is 0 Å². The number of ether oxygens (including phenoxy) is 1. The Morgan fingerprint density at radius 2 is 2.56 bits per heavy atom. The van der Waals surface area contributed by atoms with Crippen LogP contribution in [0, 0.1) is 0 Å². The number of nitrogens with one attached hydrogen (secondary N) is 1. The summed E-state index contributed by atoms with van der Waals surface area (Å²) >= 11 is 1.67. The zero-order valence-corrected chi connectivity index (χ0v) is 10.1. The average molecular weight is 240 g/mol. The van der Waals surface area contributed by atoms with Crippen LogP contribution >= 0.6 is 11.3 Å². The maximum Gasteiger partial charge on any atom is 0.238 e. The molecule has 0 radical (unpaired) electrons. The molecule has 88 valence electrons. The van der Waals surface area contributed by atoms with Gasteiger partial charge in [0.1, 0.15) is 6.17 Å². The number of nitrogens with zero attached hydrogens (tertiary/aromatic N) is 1. The maximum absolute atomic E-state index is 11.7. The van der Waals surface area contributed by atoms with Gasteiger partial charge < -0.3 is 9.64 Å². The SMILES string of the molecule is CCOCCN1C(=O)CNC1c1cccs1. The molecule has 2 heterocycles. The van der Waals surface area contributed by atoms with Crippen LogP contribution in [0.15, 0.2) is 17.5 Å². The van der Waals surface area contributed by atoms with Gasteiger partial charge >= 0.3 is 0 Å². The Hall–Kier alpha value is -0.910. The second kappa shape index (κ2) is 5.43. The van der Waals surface area contributed by atoms with Crippen molar-refractivity contribution in [1.82, 2.24) is 10.2 Å². The molecule has 1 fully saturated rings. The van der Waals surface area contributed by atoms with Gasteiger partial charge in [0.2, 0.25) is 5.91 Å². The quantitative estimate of drug-likeness (QED) is 0.787. The summed E-state index contributed by atoms with van der Waals surface area (Å²) in [5, 5.41) is 5.25. The molecule has 1 N–H and O–H groups in total. The highest BCUT2D eigenvalue weighted by Crippen LogP contribution is 2.25. The van der Waals surface area contributed by atoms with E-state index in [1.807, 2.05) is 23.3 Å². The predicted molar refractivity (Wildman–Crippen MR) is 63.3 cm³/mol. The van der Waals surface area contributed by atoms with Gasteiger partial charge in [-0.25, -0.2) is 0 Å². The van der Waals surface area contributed by atoms with E-state index in [1.54, 1.807) is 11.3 Å². The van der Waals surface area contributed by atoms with Crippen LogP contribution in [0.25, 0.3) is 0 Å². The molecule has 4 nitrogen and oxygen atoms in total. The van der Waals surface area contributed by atoms with Gasteiger partial charge in [0.25, 0.3) is 0 Å². The fraction of sp³-hybridized carbons (Fsp3) is 0.545. The molecule has 1 aromatic rings. The van der Waals surface area contributed by atoms with E-state index >= 15 is 0 Å². The van der Waals surface area contributed by atoms with Crippen molar-refractivity contribution in [3.8, 4) is 0 Å². The Balaban J connectivity index is 1.99. The van der Waals surface area contributed by atoms with Crippen molar-refractivity contribution in [2.45, 2.75) is 13.1 Å². The minimum absolute atomic E-state index is 0.0351. The van der Waals surface area contributed by atoms with Crippen LogP contribution in [0.3, 0.4) is 0 Å². The Kier molecular flexibility index (Phi) is 3.93. The zero-order valence-electron chi connectivity index (χ0n) is 9.31. The van der Waals surface area contributed by atoms with Crippen LogP contribution in [0.1, 0.15) is 18.0 Å². The first-order chi connectivity index (χ1) is 7.83. The lowest BCUT2D eigenvalue weighted by Gasteiger charge is -2.23. The number of carbonyl (C=O) groups is 1. The van der Waals surface area contributed by atoms with Gasteiger partial charge in [-0.05, 0) is 18.4 Å². The van der Waals surface area contributed by atoms with E-state index < -0.39 is 0 Å². The first-order valence-corrected chi connectivity index (χ1v) is 6.35. The van der Waals surface area contributed by atoms with E-state index in [1.165, 1.54) is 4.88 Å². The summed E-state index contributed by atoms with van der Waals surface area (Å²) in [5.74, 6) is 0.151. The zero-order chi connectivity index (χ0) is 11.4. The minimum atomic E-state index is 0.0351. The predicted octanol–water partition coefficient (Wildman–Crippen LogP) is 1.22. The molecule has 1 aliphatic heterocycles. The summed E-state index contributed by atoms with van der Waals surface area (Å²) < 4.78 is 5.29. The Morgan fingerprint density at radius 1 is 1.69 bits per heavy atom. The van der Waals surface area contributed by atoms with E-state index in [-0.39, 0.29) is 12.1 Å². The number of hydrogen-bond acceptors (Lipinski definition) is 4. The molecular formula is C11H16N2O2S. The second-order valence-corrected chi connectivity index (χ2v) is 4.56. The lowest BCUT2D eigenvalue weighted by molar-refractivity contribution is -0.128. The highest BCUT2D eigenvalue weighted by molar-refractivity contribution is 7.10. The van der Waals surface area contributed by atoms with Gasteiger partial charge in [-0.2, -0.15) is 0 Å². The van der Waals surface area contributed by atoms with Crippen molar-refractivity contribution in [1.29, 1.82) is 0 Å². The van der Waals surface area contributed by atoms with Gasteiger partial charge in [-0.15, -0.1) is 11.3 Å². The number of hydrogen-bond donors (Lipinski definition) is 1. The van der Waals surface area contributed by atoms with Gasteiger partial charge in [-0.3, -0.25) is 10.1 Å². The Bertz CT molecular complexity index is 340. The smallest absolute Gasteiger partial charge is 0.238 e. The van der Waals surface area contributed by atoms with Crippen molar-refractivity contribution in [2.24, 2.45) is 0 Å². The lowest BCUT2D eigenvalue weighted by Crippen LogP contribution is -2.32. The minimum Gasteiger partial charge on any atom is -0.380 e. The van der Waals surface area contributed by atoms with Crippen LogP contribution in [0.2, 0.25) is 0 Å². The Morgan fingerprint density at radius 3 is 3.25 bits per heavy atom. The monoisotopic (exact) mass is 240 g/mol. The molecule has 1 atom stereocenters. The number of carbonyl (C=O) groups excluding carboxylic acids is 1. The molecule has 0 aliphatic carbocycles. The van der Waals surface area contributed by atoms with Crippen molar-refractivity contribution in [2.75, 3.05) is 26.3 Å². The van der Waals surface area contributed by atoms with E-state index in [4.69, 9.17) is 4.74 Å². The topological polar surface area (TPSA) is 41.6 Å². The first kappa shape index (κ1) is 11.6. The van der Waals surface area contributed by atoms with Gasteiger partial charge in [0.05, 0.1) is 13.2 Å². The molecule has 0 saturated carbocycles. The van der Waals surface area contributed by atoms with E-state index in [9.17, 15) is 4.79 Å². The molecule has 1 saturated heterocycles. The summed E-state index contributed by atoms with van der Waals surface area (Å²) in [6.07, 6.45) is 0.0351. The third-order valence-electron chi connectivity index (χ3n) is 2.57. The molecule has 16 heavy (non-hydrogen) atoms. The molecule has 2 rings (SSSR count). The summed E-state index contributed by atoms with van der Waals surface area (Å²) in [5.41, 5.74) is 0. The molecule has 1 unspecified atom stereocenters. The highest BCUT2D eigenvalue weighted by atomic mass is 32.1. The molecule has 0 aromatic carbocycles. The fourth-order valence-electron chi connectivity index (χ4n) is 1.80. The standard InChI is InChI=1S/C11H16N2O2S/c1-2-15-6-5-13-10(14)8-12-11(13)9-4-3-7-16-9/h3-4,7,11-12H,2,5-6,8H2,1H3. The van der Waals surface area contributed by atoms with Crippen LogP contribution < -0.4 is 5.32 Å². The fourth-order valence-corrected chi connectivity index (χ4v) is 2.61. The third kappa shape index (κ3) is 2.42. The van der Waals surface area contributed by atoms with Crippen LogP contribution in [0.5, 0.6) is 0 Å². The van der Waals surface area contributed by atoms with Gasteiger partial charge in [0, 0.05) is 18.0 Å². The van der Waals surface area contributed by atoms with Crippen molar-refractivity contribution < 1.29 is 9.53 Å². The maximum atomic E-state index is 11.7. The normalized spacial score (nSPS) is 20.7. The number of amides is 1. The Labute approximate surface area is 99.2 Å². The number of thiophene rings is 1. The molecule has 0 spiro atoms. The first-order valence-electron chi connectivity index (χ1n) is 5.47. The van der Waals surface area contributed by atoms with Crippen LogP contribution in [-0.2, 0) is 9.53 Å². The summed E-state index contributed by atoms with van der Waals surface area (Å²) in [7, 11) is 0. The summed E-state index contributed by atoms with van der Waals surface area (Å²) in [6, 6.07) is 4.06. The van der Waals surface area contributed by atoms with Crippen molar-refractivity contribution in [3.63, 3.8) is 0 Å². The largest absolute Gasteiger partial charge is 0.380 e. The molecule has 1 aromatic heterocycles. The average Bonchev–Trinajstić information content (AvgIpc) is 2.89. The van der Waals surface area contributed by atoms with Gasteiger partial charge in [-0.1, -0.05) is 6.07 Å². The second-order valence-electron chi connectivity index (χ2n) is 3.58. The molecule has 1 amide bonds. The third-order valence-corrected chi connectivity index (χ3v) is 3.50. The van der Waals surface area contributed by atoms with E-state index in [0.717, 1.165) is 0 Å². The van der Waals surface area contributed by atoms with E-state index in [0.29, 0.717) is 26.3 Å². The van der Waals surface area contributed by atoms with Crippen molar-refractivity contribution in [3.05, 3.63) is 22.4 Å².